The summed E-state index contributed by atoms with van der Waals surface area (Å²) < 4.78 is 0. The van der Waals surface area contributed by atoms with E-state index in [1.54, 1.807) is 24.3 Å². The van der Waals surface area contributed by atoms with E-state index < -0.39 is 0 Å². The Hall–Kier alpha value is -2.33. The molecule has 0 aromatic heterocycles. The van der Waals surface area contributed by atoms with Crippen molar-refractivity contribution < 1.29 is 4.79 Å². The monoisotopic (exact) mass is 267 g/mol. The van der Waals surface area contributed by atoms with Crippen LogP contribution in [-0.4, -0.2) is 12.5 Å². The molecule has 2 aromatic carbocycles. The number of hydrogen-bond acceptors (Lipinski definition) is 3. The Kier molecular flexibility index (Phi) is 3.39. The standard InChI is InChI=1S/C16H17N3O/c17-14-3-5-15(6-4-14)19-16(20)12-1-2-13-10-18-8-7-11(13)9-12/h1-6,9,18H,7-8,10,17H2,(H,19,20). The number of carbonyl (C=O) groups is 1. The van der Waals surface area contributed by atoms with Crippen LogP contribution in [0.15, 0.2) is 42.5 Å². The molecule has 1 amide bonds. The van der Waals surface area contributed by atoms with Crippen LogP contribution < -0.4 is 16.4 Å². The smallest absolute Gasteiger partial charge is 0.255 e. The average Bonchev–Trinajstić information content (AvgIpc) is 2.49. The minimum absolute atomic E-state index is 0.0869. The van der Waals surface area contributed by atoms with Gasteiger partial charge >= 0.3 is 0 Å². The van der Waals surface area contributed by atoms with Gasteiger partial charge in [-0.25, -0.2) is 0 Å². The van der Waals surface area contributed by atoms with Crippen molar-refractivity contribution in [3.05, 3.63) is 59.2 Å². The molecule has 0 saturated carbocycles. The van der Waals surface area contributed by atoms with Gasteiger partial charge in [-0.2, -0.15) is 0 Å². The van der Waals surface area contributed by atoms with E-state index in [2.05, 4.69) is 10.6 Å². The number of nitrogens with one attached hydrogen (secondary N) is 2. The molecule has 1 aliphatic rings. The van der Waals surface area contributed by atoms with Crippen molar-refractivity contribution in [2.45, 2.75) is 13.0 Å². The molecule has 0 radical (unpaired) electrons. The molecular formula is C16H17N3O. The number of rotatable bonds is 2. The highest BCUT2D eigenvalue weighted by molar-refractivity contribution is 6.04. The summed E-state index contributed by atoms with van der Waals surface area (Å²) in [7, 11) is 0. The average molecular weight is 267 g/mol. The Bertz CT molecular complexity index is 635. The Morgan fingerprint density at radius 1 is 1.10 bits per heavy atom. The quantitative estimate of drug-likeness (QED) is 0.730. The first-order valence-corrected chi connectivity index (χ1v) is 6.72. The molecule has 0 spiro atoms. The Morgan fingerprint density at radius 2 is 1.90 bits per heavy atom. The lowest BCUT2D eigenvalue weighted by molar-refractivity contribution is 0.102. The van der Waals surface area contributed by atoms with E-state index in [1.807, 2.05) is 18.2 Å². The minimum atomic E-state index is -0.0869. The highest BCUT2D eigenvalue weighted by atomic mass is 16.1. The number of carbonyl (C=O) groups excluding carboxylic acids is 1. The number of anilines is 2. The molecule has 2 aromatic rings. The first-order valence-electron chi connectivity index (χ1n) is 6.72. The maximum atomic E-state index is 12.2. The number of fused-ring (bicyclic) bond motifs is 1. The molecule has 20 heavy (non-hydrogen) atoms. The largest absolute Gasteiger partial charge is 0.399 e. The lowest BCUT2D eigenvalue weighted by Crippen LogP contribution is -2.24. The van der Waals surface area contributed by atoms with Crippen LogP contribution in [0.5, 0.6) is 0 Å². The highest BCUT2D eigenvalue weighted by Gasteiger charge is 2.12. The van der Waals surface area contributed by atoms with E-state index >= 15 is 0 Å². The summed E-state index contributed by atoms with van der Waals surface area (Å²) in [6, 6.07) is 13.0. The van der Waals surface area contributed by atoms with Gasteiger partial charge in [-0.1, -0.05) is 6.07 Å². The number of nitrogens with two attached hydrogens (primary N) is 1. The molecule has 3 rings (SSSR count). The second kappa shape index (κ2) is 5.35. The van der Waals surface area contributed by atoms with E-state index in [4.69, 9.17) is 5.73 Å². The van der Waals surface area contributed by atoms with Crippen LogP contribution in [0.1, 0.15) is 21.5 Å². The van der Waals surface area contributed by atoms with Gasteiger partial charge < -0.3 is 16.4 Å². The van der Waals surface area contributed by atoms with Crippen LogP contribution in [0.4, 0.5) is 11.4 Å². The van der Waals surface area contributed by atoms with Crippen LogP contribution >= 0.6 is 0 Å². The number of amides is 1. The lowest BCUT2D eigenvalue weighted by Gasteiger charge is -2.17. The molecule has 0 fully saturated rings. The molecule has 4 heteroatoms. The first-order chi connectivity index (χ1) is 9.72. The summed E-state index contributed by atoms with van der Waals surface area (Å²) in [5, 5.41) is 6.20. The second-order valence-electron chi connectivity index (χ2n) is 4.99. The molecule has 1 aliphatic heterocycles. The maximum Gasteiger partial charge on any atom is 0.255 e. The van der Waals surface area contributed by atoms with Gasteiger partial charge in [0.15, 0.2) is 0 Å². The number of hydrogen-bond donors (Lipinski definition) is 3. The molecule has 0 bridgehead atoms. The predicted molar refractivity (Wildman–Crippen MR) is 80.7 cm³/mol. The van der Waals surface area contributed by atoms with Gasteiger partial charge in [-0.05, 0) is 60.5 Å². The van der Waals surface area contributed by atoms with E-state index in [0.717, 1.165) is 25.2 Å². The van der Waals surface area contributed by atoms with Crippen molar-refractivity contribution in [3.63, 3.8) is 0 Å². The number of benzene rings is 2. The van der Waals surface area contributed by atoms with E-state index in [-0.39, 0.29) is 5.91 Å². The van der Waals surface area contributed by atoms with Crippen molar-refractivity contribution in [2.75, 3.05) is 17.6 Å². The van der Waals surface area contributed by atoms with Crippen molar-refractivity contribution in [1.29, 1.82) is 0 Å². The van der Waals surface area contributed by atoms with E-state index in [9.17, 15) is 4.79 Å². The fourth-order valence-electron chi connectivity index (χ4n) is 2.39. The normalized spacial score (nSPS) is 13.6. The van der Waals surface area contributed by atoms with Gasteiger partial charge in [0.1, 0.15) is 0 Å². The summed E-state index contributed by atoms with van der Waals surface area (Å²) in [5.74, 6) is -0.0869. The van der Waals surface area contributed by atoms with Gasteiger partial charge in [0.25, 0.3) is 5.91 Å². The third-order valence-electron chi connectivity index (χ3n) is 3.52. The van der Waals surface area contributed by atoms with Crippen LogP contribution in [0.3, 0.4) is 0 Å². The number of nitrogen functional groups attached to an aromatic ring is 1. The fourth-order valence-corrected chi connectivity index (χ4v) is 2.39. The van der Waals surface area contributed by atoms with Gasteiger partial charge in [-0.15, -0.1) is 0 Å². The van der Waals surface area contributed by atoms with Crippen molar-refractivity contribution in [1.82, 2.24) is 5.32 Å². The molecule has 4 nitrogen and oxygen atoms in total. The van der Waals surface area contributed by atoms with Crippen LogP contribution in [-0.2, 0) is 13.0 Å². The Balaban J connectivity index is 1.78. The predicted octanol–water partition coefficient (Wildman–Crippen LogP) is 2.17. The summed E-state index contributed by atoms with van der Waals surface area (Å²) in [5.41, 5.74) is 10.3. The first kappa shape index (κ1) is 12.7. The SMILES string of the molecule is Nc1ccc(NC(=O)c2ccc3c(c2)CCNC3)cc1. The molecule has 0 unspecified atom stereocenters. The zero-order chi connectivity index (χ0) is 13.9. The second-order valence-corrected chi connectivity index (χ2v) is 4.99. The van der Waals surface area contributed by atoms with E-state index in [0.29, 0.717) is 11.3 Å². The fraction of sp³-hybridized carbons (Fsp3) is 0.188. The van der Waals surface area contributed by atoms with Crippen LogP contribution in [0.2, 0.25) is 0 Å². The third-order valence-corrected chi connectivity index (χ3v) is 3.52. The molecule has 0 atom stereocenters. The van der Waals surface area contributed by atoms with Crippen molar-refractivity contribution in [2.24, 2.45) is 0 Å². The Labute approximate surface area is 118 Å². The molecule has 0 aliphatic carbocycles. The van der Waals surface area contributed by atoms with Gasteiger partial charge in [-0.3, -0.25) is 4.79 Å². The lowest BCUT2D eigenvalue weighted by atomic mass is 9.98. The topological polar surface area (TPSA) is 67.1 Å². The highest BCUT2D eigenvalue weighted by Crippen LogP contribution is 2.17. The summed E-state index contributed by atoms with van der Waals surface area (Å²) in [4.78, 5) is 12.2. The molecular weight excluding hydrogens is 250 g/mol. The molecule has 1 heterocycles. The van der Waals surface area contributed by atoms with Crippen molar-refractivity contribution >= 4 is 17.3 Å². The van der Waals surface area contributed by atoms with Gasteiger partial charge in [0.05, 0.1) is 0 Å². The third kappa shape index (κ3) is 2.65. The Morgan fingerprint density at radius 3 is 2.70 bits per heavy atom. The van der Waals surface area contributed by atoms with Crippen LogP contribution in [0.25, 0.3) is 0 Å². The molecule has 4 N–H and O–H groups in total. The zero-order valence-electron chi connectivity index (χ0n) is 11.1. The molecule has 0 saturated heterocycles. The zero-order valence-corrected chi connectivity index (χ0v) is 11.1. The summed E-state index contributed by atoms with van der Waals surface area (Å²) in [6.45, 7) is 1.85. The van der Waals surface area contributed by atoms with Crippen LogP contribution in [0, 0.1) is 0 Å². The van der Waals surface area contributed by atoms with Gasteiger partial charge in [0.2, 0.25) is 0 Å². The summed E-state index contributed by atoms with van der Waals surface area (Å²) >= 11 is 0. The molecule has 102 valence electrons. The minimum Gasteiger partial charge on any atom is -0.399 e. The van der Waals surface area contributed by atoms with Gasteiger partial charge in [0, 0.05) is 23.5 Å². The summed E-state index contributed by atoms with van der Waals surface area (Å²) in [6.07, 6.45) is 0.971. The van der Waals surface area contributed by atoms with Crippen molar-refractivity contribution in [3.8, 4) is 0 Å². The maximum absolute atomic E-state index is 12.2. The van der Waals surface area contributed by atoms with E-state index in [1.165, 1.54) is 11.1 Å².